The third kappa shape index (κ3) is 4.72. The zero-order valence-corrected chi connectivity index (χ0v) is 14.4. The summed E-state index contributed by atoms with van der Waals surface area (Å²) < 4.78 is 14.5. The van der Waals surface area contributed by atoms with Crippen molar-refractivity contribution in [3.05, 3.63) is 62.8 Å². The van der Waals surface area contributed by atoms with E-state index in [4.69, 9.17) is 0 Å². The summed E-state index contributed by atoms with van der Waals surface area (Å²) in [7, 11) is 0. The van der Waals surface area contributed by atoms with Crippen LogP contribution in [0.15, 0.2) is 56.3 Å². The third-order valence-corrected chi connectivity index (χ3v) is 4.81. The van der Waals surface area contributed by atoms with Gasteiger partial charge in [0.2, 0.25) is 0 Å². The van der Waals surface area contributed by atoms with Crippen LogP contribution in [-0.4, -0.2) is 11.5 Å². The molecule has 0 N–H and O–H groups in total. The fraction of sp³-hybridized carbons (Fsp3) is 0.133. The molecule has 0 saturated heterocycles. The largest absolute Gasteiger partial charge is 0.298 e. The van der Waals surface area contributed by atoms with Gasteiger partial charge in [0.05, 0.1) is 10.2 Å². The highest BCUT2D eigenvalue weighted by Gasteiger charge is 2.07. The van der Waals surface area contributed by atoms with Gasteiger partial charge in [-0.2, -0.15) is 0 Å². The van der Waals surface area contributed by atoms with Crippen molar-refractivity contribution in [1.29, 1.82) is 0 Å². The topological polar surface area (TPSA) is 17.1 Å². The average molecular weight is 418 g/mol. The van der Waals surface area contributed by atoms with Crippen LogP contribution >= 0.6 is 43.6 Å². The van der Waals surface area contributed by atoms with E-state index >= 15 is 0 Å². The van der Waals surface area contributed by atoms with E-state index in [0.29, 0.717) is 16.6 Å². The molecule has 0 atom stereocenters. The van der Waals surface area contributed by atoms with Crippen LogP contribution in [0, 0.1) is 5.82 Å². The van der Waals surface area contributed by atoms with Crippen LogP contribution in [0.3, 0.4) is 0 Å². The summed E-state index contributed by atoms with van der Waals surface area (Å²) in [5.41, 5.74) is 0.819. The van der Waals surface area contributed by atoms with E-state index in [-0.39, 0.29) is 11.6 Å². The van der Waals surface area contributed by atoms with E-state index in [9.17, 15) is 9.18 Å². The highest BCUT2D eigenvalue weighted by molar-refractivity contribution is 9.10. The first-order chi connectivity index (χ1) is 9.54. The minimum Gasteiger partial charge on any atom is -0.298 e. The number of halogens is 3. The summed E-state index contributed by atoms with van der Waals surface area (Å²) in [4.78, 5) is 13.0. The summed E-state index contributed by atoms with van der Waals surface area (Å²) in [5, 5.41) is 0. The van der Waals surface area contributed by atoms with Crippen molar-refractivity contribution < 1.29 is 9.18 Å². The van der Waals surface area contributed by atoms with Crippen molar-refractivity contribution in [1.82, 2.24) is 0 Å². The van der Waals surface area contributed by atoms with Gasteiger partial charge in [-0.05, 0) is 57.9 Å². The van der Waals surface area contributed by atoms with Crippen LogP contribution in [0.4, 0.5) is 4.39 Å². The Kier molecular flexibility index (Phi) is 5.81. The number of carbonyl (C=O) groups excluding carboxylic acids is 1. The fourth-order valence-corrected chi connectivity index (χ4v) is 3.07. The van der Waals surface area contributed by atoms with E-state index < -0.39 is 0 Å². The van der Waals surface area contributed by atoms with Crippen molar-refractivity contribution in [3.63, 3.8) is 0 Å². The molecule has 0 fully saturated rings. The maximum atomic E-state index is 13.1. The lowest BCUT2D eigenvalue weighted by Gasteiger charge is -2.03. The molecule has 0 heterocycles. The van der Waals surface area contributed by atoms with Gasteiger partial charge in [-0.15, -0.1) is 11.8 Å². The van der Waals surface area contributed by atoms with Gasteiger partial charge in [-0.3, -0.25) is 4.79 Å². The summed E-state index contributed by atoms with van der Waals surface area (Å²) >= 11 is 8.00. The molecule has 0 unspecified atom stereocenters. The fourth-order valence-electron chi connectivity index (χ4n) is 1.62. The second-order valence-corrected chi connectivity index (χ2v) is 7.03. The summed E-state index contributed by atoms with van der Waals surface area (Å²) in [6, 6.07) is 12.5. The van der Waals surface area contributed by atoms with Crippen molar-refractivity contribution in [2.75, 3.05) is 5.75 Å². The van der Waals surface area contributed by atoms with Gasteiger partial charge < -0.3 is 0 Å². The van der Waals surface area contributed by atoms with Gasteiger partial charge in [0.15, 0.2) is 0 Å². The number of hydrogen-bond acceptors (Lipinski definition) is 2. The van der Waals surface area contributed by atoms with Crippen LogP contribution in [-0.2, 0) is 11.2 Å². The van der Waals surface area contributed by atoms with Crippen LogP contribution in [0.5, 0.6) is 0 Å². The molecule has 2 aromatic carbocycles. The molecule has 0 aliphatic heterocycles. The normalized spacial score (nSPS) is 10.6. The summed E-state index contributed by atoms with van der Waals surface area (Å²) in [6.07, 6.45) is 0.322. The van der Waals surface area contributed by atoms with Gasteiger partial charge in [0.1, 0.15) is 11.6 Å². The highest BCUT2D eigenvalue weighted by atomic mass is 79.9. The Bertz CT molecular complexity index is 614. The molecular formula is C15H11Br2FOS. The summed E-state index contributed by atoms with van der Waals surface area (Å²) in [5.74, 6) is 0.221. The highest BCUT2D eigenvalue weighted by Crippen LogP contribution is 2.22. The number of Topliss-reactive ketones (excluding diaryl/α,β-unsaturated/α-hetero) is 1. The zero-order chi connectivity index (χ0) is 14.5. The van der Waals surface area contributed by atoms with Crippen molar-refractivity contribution in [3.8, 4) is 0 Å². The van der Waals surface area contributed by atoms with E-state index in [2.05, 4.69) is 31.9 Å². The average Bonchev–Trinajstić information content (AvgIpc) is 2.42. The van der Waals surface area contributed by atoms with Gasteiger partial charge in [0, 0.05) is 15.8 Å². The van der Waals surface area contributed by atoms with E-state index in [0.717, 1.165) is 14.9 Å². The molecule has 0 spiro atoms. The monoisotopic (exact) mass is 416 g/mol. The molecule has 0 aliphatic carbocycles. The number of ketones is 1. The first kappa shape index (κ1) is 15.7. The Morgan fingerprint density at radius 3 is 2.45 bits per heavy atom. The Morgan fingerprint density at radius 1 is 1.10 bits per heavy atom. The third-order valence-electron chi connectivity index (χ3n) is 2.60. The van der Waals surface area contributed by atoms with Crippen LogP contribution in [0.25, 0.3) is 0 Å². The quantitative estimate of drug-likeness (QED) is 0.617. The van der Waals surface area contributed by atoms with E-state index in [1.807, 2.05) is 24.3 Å². The molecule has 0 radical (unpaired) electrons. The van der Waals surface area contributed by atoms with Gasteiger partial charge in [-0.25, -0.2) is 4.39 Å². The van der Waals surface area contributed by atoms with Crippen molar-refractivity contribution in [2.24, 2.45) is 0 Å². The first-order valence-electron chi connectivity index (χ1n) is 5.88. The predicted octanol–water partition coefficient (Wildman–Crippen LogP) is 5.25. The molecule has 5 heteroatoms. The Balaban J connectivity index is 1.89. The van der Waals surface area contributed by atoms with Gasteiger partial charge >= 0.3 is 0 Å². The molecule has 0 bridgehead atoms. The number of carbonyl (C=O) groups is 1. The van der Waals surface area contributed by atoms with Crippen LogP contribution in [0.2, 0.25) is 0 Å². The Morgan fingerprint density at radius 2 is 1.80 bits per heavy atom. The lowest BCUT2D eigenvalue weighted by Crippen LogP contribution is -2.05. The number of hydrogen-bond donors (Lipinski definition) is 0. The number of benzene rings is 2. The molecule has 0 aromatic heterocycles. The second kappa shape index (κ2) is 7.38. The standard InChI is InChI=1S/C15H11Br2FOS/c16-11-2-4-13(5-3-11)20-9-12(19)7-10-1-6-15(18)14(17)8-10/h1-6,8H,7,9H2. The lowest BCUT2D eigenvalue weighted by molar-refractivity contribution is -0.116. The molecule has 1 nitrogen and oxygen atoms in total. The number of thioether (sulfide) groups is 1. The van der Waals surface area contributed by atoms with Crippen LogP contribution in [0.1, 0.15) is 5.56 Å². The zero-order valence-electron chi connectivity index (χ0n) is 10.4. The molecule has 104 valence electrons. The minimum absolute atomic E-state index is 0.122. The number of rotatable bonds is 5. The molecular weight excluding hydrogens is 407 g/mol. The molecule has 0 amide bonds. The SMILES string of the molecule is O=C(CSc1ccc(Br)cc1)Cc1ccc(F)c(Br)c1. The maximum absolute atomic E-state index is 13.1. The minimum atomic E-state index is -0.314. The lowest BCUT2D eigenvalue weighted by atomic mass is 10.1. The Labute approximate surface area is 138 Å². The first-order valence-corrected chi connectivity index (χ1v) is 8.46. The molecule has 2 rings (SSSR count). The smallest absolute Gasteiger partial charge is 0.147 e. The molecule has 20 heavy (non-hydrogen) atoms. The molecule has 0 saturated carbocycles. The van der Waals surface area contributed by atoms with E-state index in [1.165, 1.54) is 17.8 Å². The second-order valence-electron chi connectivity index (χ2n) is 4.21. The van der Waals surface area contributed by atoms with Crippen LogP contribution < -0.4 is 0 Å². The van der Waals surface area contributed by atoms with E-state index in [1.54, 1.807) is 12.1 Å². The molecule has 2 aromatic rings. The maximum Gasteiger partial charge on any atom is 0.147 e. The predicted molar refractivity (Wildman–Crippen MR) is 87.7 cm³/mol. The van der Waals surface area contributed by atoms with Crippen molar-refractivity contribution in [2.45, 2.75) is 11.3 Å². The molecule has 0 aliphatic rings. The Hall–Kier alpha value is -0.650. The van der Waals surface area contributed by atoms with Gasteiger partial charge in [-0.1, -0.05) is 22.0 Å². The summed E-state index contributed by atoms with van der Waals surface area (Å²) in [6.45, 7) is 0. The van der Waals surface area contributed by atoms with Gasteiger partial charge in [0.25, 0.3) is 0 Å². The van der Waals surface area contributed by atoms with Crippen molar-refractivity contribution >= 4 is 49.4 Å².